The molecule has 0 atom stereocenters. The van der Waals surface area contributed by atoms with E-state index in [1.165, 1.54) is 0 Å². The standard InChI is InChI=1S/C29H28ClN3O3S/c1-20-26(29(35)32-15-13-31(14-16-32)28(34)18-25-4-3-17-37-25)19-27(21-5-7-22(30)8-6-21)33(20)23-9-11-24(36-2)12-10-23/h3-12,17,19H,13-16,18H2,1-2H3. The second-order valence-electron chi connectivity index (χ2n) is 9.00. The SMILES string of the molecule is COc1ccc(-n2c(-c3ccc(Cl)cc3)cc(C(=O)N3CCN(C(=O)Cc4cccs4)CC3)c2C)cc1. The average molecular weight is 534 g/mol. The van der Waals surface area contributed by atoms with Crippen LogP contribution in [0, 0.1) is 6.92 Å². The van der Waals surface area contributed by atoms with Crippen molar-refractivity contribution in [3.8, 4) is 22.7 Å². The van der Waals surface area contributed by atoms with Crippen LogP contribution in [0.4, 0.5) is 0 Å². The summed E-state index contributed by atoms with van der Waals surface area (Å²) in [4.78, 5) is 31.2. The molecule has 2 amide bonds. The molecule has 0 saturated carbocycles. The normalized spacial score (nSPS) is 13.6. The molecule has 0 N–H and O–H groups in total. The number of amides is 2. The first kappa shape index (κ1) is 25.1. The van der Waals surface area contributed by atoms with Crippen LogP contribution in [0.3, 0.4) is 0 Å². The Kier molecular flexibility index (Phi) is 7.35. The molecule has 4 aromatic rings. The largest absolute Gasteiger partial charge is 0.497 e. The molecule has 1 fully saturated rings. The van der Waals surface area contributed by atoms with E-state index in [2.05, 4.69) is 4.57 Å². The second kappa shape index (κ2) is 10.8. The van der Waals surface area contributed by atoms with Crippen LogP contribution >= 0.6 is 22.9 Å². The van der Waals surface area contributed by atoms with Crippen molar-refractivity contribution in [2.45, 2.75) is 13.3 Å². The molecule has 1 aliphatic rings. The monoisotopic (exact) mass is 533 g/mol. The topological polar surface area (TPSA) is 54.8 Å². The van der Waals surface area contributed by atoms with Gasteiger partial charge in [-0.3, -0.25) is 9.59 Å². The lowest BCUT2D eigenvalue weighted by Crippen LogP contribution is -2.51. The predicted octanol–water partition coefficient (Wildman–Crippen LogP) is 5.70. The maximum atomic E-state index is 13.7. The van der Waals surface area contributed by atoms with Crippen LogP contribution in [0.1, 0.15) is 20.9 Å². The molecule has 2 aromatic carbocycles. The number of methoxy groups -OCH3 is 1. The number of rotatable bonds is 6. The second-order valence-corrected chi connectivity index (χ2v) is 10.5. The van der Waals surface area contributed by atoms with Crippen LogP contribution in [0.25, 0.3) is 16.9 Å². The summed E-state index contributed by atoms with van der Waals surface area (Å²) in [6.45, 7) is 4.07. The van der Waals surface area contributed by atoms with Gasteiger partial charge in [0.2, 0.25) is 5.91 Å². The van der Waals surface area contributed by atoms with Gasteiger partial charge in [-0.1, -0.05) is 29.8 Å². The zero-order valence-electron chi connectivity index (χ0n) is 20.8. The van der Waals surface area contributed by atoms with Gasteiger partial charge in [0.15, 0.2) is 0 Å². The fourth-order valence-electron chi connectivity index (χ4n) is 4.72. The number of carbonyl (C=O) groups excluding carboxylic acids is 2. The summed E-state index contributed by atoms with van der Waals surface area (Å²) in [5.74, 6) is 0.858. The van der Waals surface area contributed by atoms with Gasteiger partial charge in [0.1, 0.15) is 5.75 Å². The van der Waals surface area contributed by atoms with Crippen molar-refractivity contribution >= 4 is 34.8 Å². The van der Waals surface area contributed by atoms with Gasteiger partial charge in [-0.05, 0) is 66.4 Å². The van der Waals surface area contributed by atoms with Crippen LogP contribution in [-0.4, -0.2) is 59.5 Å². The van der Waals surface area contributed by atoms with E-state index in [4.69, 9.17) is 16.3 Å². The molecule has 37 heavy (non-hydrogen) atoms. The van der Waals surface area contributed by atoms with Gasteiger partial charge in [0.05, 0.1) is 24.8 Å². The summed E-state index contributed by atoms with van der Waals surface area (Å²) in [5.41, 5.74) is 4.32. The van der Waals surface area contributed by atoms with Gasteiger partial charge in [0, 0.05) is 47.5 Å². The molecule has 0 radical (unpaired) electrons. The number of thiophene rings is 1. The Morgan fingerprint density at radius 1 is 0.946 bits per heavy atom. The highest BCUT2D eigenvalue weighted by molar-refractivity contribution is 7.10. The Morgan fingerprint density at radius 3 is 2.24 bits per heavy atom. The first-order valence-corrected chi connectivity index (χ1v) is 13.4. The van der Waals surface area contributed by atoms with E-state index in [0.717, 1.165) is 33.3 Å². The third kappa shape index (κ3) is 5.29. The molecule has 5 rings (SSSR count). The molecular weight excluding hydrogens is 506 g/mol. The van der Waals surface area contributed by atoms with Crippen molar-refractivity contribution < 1.29 is 14.3 Å². The number of hydrogen-bond donors (Lipinski definition) is 0. The Labute approximate surface area is 225 Å². The van der Waals surface area contributed by atoms with Gasteiger partial charge in [0.25, 0.3) is 5.91 Å². The van der Waals surface area contributed by atoms with Gasteiger partial charge in [-0.2, -0.15) is 0 Å². The van der Waals surface area contributed by atoms with E-state index in [-0.39, 0.29) is 11.8 Å². The zero-order chi connectivity index (χ0) is 25.9. The van der Waals surface area contributed by atoms with Crippen molar-refractivity contribution in [2.24, 2.45) is 0 Å². The zero-order valence-corrected chi connectivity index (χ0v) is 22.4. The molecule has 6 nitrogen and oxygen atoms in total. The van der Waals surface area contributed by atoms with Crippen molar-refractivity contribution in [3.05, 3.63) is 93.3 Å². The first-order chi connectivity index (χ1) is 17.9. The lowest BCUT2D eigenvalue weighted by molar-refractivity contribution is -0.131. The molecule has 8 heteroatoms. The number of hydrogen-bond acceptors (Lipinski definition) is 4. The van der Waals surface area contributed by atoms with Crippen LogP contribution < -0.4 is 4.74 Å². The number of nitrogens with zero attached hydrogens (tertiary/aromatic N) is 3. The fraction of sp³-hybridized carbons (Fsp3) is 0.241. The van der Waals surface area contributed by atoms with E-state index in [0.29, 0.717) is 43.2 Å². The molecule has 1 aliphatic heterocycles. The number of halogens is 1. The van der Waals surface area contributed by atoms with Gasteiger partial charge >= 0.3 is 0 Å². The summed E-state index contributed by atoms with van der Waals surface area (Å²) in [6, 6.07) is 21.3. The van der Waals surface area contributed by atoms with Gasteiger partial charge in [-0.25, -0.2) is 0 Å². The van der Waals surface area contributed by atoms with E-state index >= 15 is 0 Å². The molecule has 0 aliphatic carbocycles. The van der Waals surface area contributed by atoms with Gasteiger partial charge in [-0.15, -0.1) is 11.3 Å². The van der Waals surface area contributed by atoms with Crippen molar-refractivity contribution in [1.29, 1.82) is 0 Å². The summed E-state index contributed by atoms with van der Waals surface area (Å²) >= 11 is 7.74. The molecular formula is C29H28ClN3O3S. The lowest BCUT2D eigenvalue weighted by Gasteiger charge is -2.34. The fourth-order valence-corrected chi connectivity index (χ4v) is 5.55. The minimum atomic E-state index is -0.0228. The Hall–Kier alpha value is -3.55. The molecule has 0 bridgehead atoms. The molecule has 190 valence electrons. The maximum absolute atomic E-state index is 13.7. The quantitative estimate of drug-likeness (QED) is 0.319. The Balaban J connectivity index is 1.40. The van der Waals surface area contributed by atoms with E-state index < -0.39 is 0 Å². The number of aromatic nitrogens is 1. The highest BCUT2D eigenvalue weighted by Crippen LogP contribution is 2.32. The Bertz CT molecular complexity index is 1390. The van der Waals surface area contributed by atoms with Crippen LogP contribution in [-0.2, 0) is 11.2 Å². The van der Waals surface area contributed by atoms with Gasteiger partial charge < -0.3 is 19.1 Å². The lowest BCUT2D eigenvalue weighted by atomic mass is 10.1. The van der Waals surface area contributed by atoms with E-state index in [1.807, 2.05) is 88.8 Å². The number of piperazine rings is 1. The summed E-state index contributed by atoms with van der Waals surface area (Å²) in [6.07, 6.45) is 0.417. The molecule has 0 spiro atoms. The third-order valence-electron chi connectivity index (χ3n) is 6.77. The van der Waals surface area contributed by atoms with Crippen LogP contribution in [0.2, 0.25) is 5.02 Å². The van der Waals surface area contributed by atoms with Crippen molar-refractivity contribution in [1.82, 2.24) is 14.4 Å². The summed E-state index contributed by atoms with van der Waals surface area (Å²) < 4.78 is 7.42. The van der Waals surface area contributed by atoms with Crippen molar-refractivity contribution in [3.63, 3.8) is 0 Å². The highest BCUT2D eigenvalue weighted by atomic mass is 35.5. The van der Waals surface area contributed by atoms with Crippen LogP contribution in [0.5, 0.6) is 5.75 Å². The van der Waals surface area contributed by atoms with E-state index in [1.54, 1.807) is 18.4 Å². The molecule has 0 unspecified atom stereocenters. The predicted molar refractivity (Wildman–Crippen MR) is 148 cm³/mol. The summed E-state index contributed by atoms with van der Waals surface area (Å²) in [7, 11) is 1.64. The Morgan fingerprint density at radius 2 is 1.62 bits per heavy atom. The van der Waals surface area contributed by atoms with Crippen LogP contribution in [0.15, 0.2) is 72.1 Å². The number of carbonyl (C=O) groups is 2. The van der Waals surface area contributed by atoms with E-state index in [9.17, 15) is 9.59 Å². The first-order valence-electron chi connectivity index (χ1n) is 12.2. The number of ether oxygens (including phenoxy) is 1. The number of benzene rings is 2. The average Bonchev–Trinajstić information content (AvgIpc) is 3.56. The maximum Gasteiger partial charge on any atom is 0.255 e. The molecule has 2 aromatic heterocycles. The smallest absolute Gasteiger partial charge is 0.255 e. The van der Waals surface area contributed by atoms with Crippen molar-refractivity contribution in [2.75, 3.05) is 33.3 Å². The molecule has 3 heterocycles. The highest BCUT2D eigenvalue weighted by Gasteiger charge is 2.28. The molecule has 1 saturated heterocycles. The minimum absolute atomic E-state index is 0.0228. The summed E-state index contributed by atoms with van der Waals surface area (Å²) in [5, 5.41) is 2.64. The third-order valence-corrected chi connectivity index (χ3v) is 7.90. The minimum Gasteiger partial charge on any atom is -0.497 e.